The maximum Gasteiger partial charge on any atom is 0.314 e. The lowest BCUT2D eigenvalue weighted by Gasteiger charge is -2.11. The van der Waals surface area contributed by atoms with Crippen molar-refractivity contribution in [1.29, 1.82) is 0 Å². The first kappa shape index (κ1) is 9.48. The fourth-order valence-electron chi connectivity index (χ4n) is 1.40. The van der Waals surface area contributed by atoms with Crippen molar-refractivity contribution in [2.45, 2.75) is 13.3 Å². The second-order valence-electron chi connectivity index (χ2n) is 3.12. The summed E-state index contributed by atoms with van der Waals surface area (Å²) < 4.78 is 4.78. The van der Waals surface area contributed by atoms with Gasteiger partial charge in [-0.25, -0.2) is 0 Å². The van der Waals surface area contributed by atoms with Crippen LogP contribution < -0.4 is 0 Å². The zero-order valence-electron chi connectivity index (χ0n) is 7.12. The van der Waals surface area contributed by atoms with Crippen molar-refractivity contribution in [3.05, 3.63) is 0 Å². The zero-order valence-corrected chi connectivity index (χ0v) is 7.12. The maximum absolute atomic E-state index is 11.2. The maximum atomic E-state index is 11.2. The van der Waals surface area contributed by atoms with Crippen LogP contribution in [0.4, 0.5) is 0 Å². The molecular weight excluding hydrogens is 160 g/mol. The highest BCUT2D eigenvalue weighted by molar-refractivity contribution is 5.80. The highest BCUT2D eigenvalue weighted by atomic mass is 16.5. The van der Waals surface area contributed by atoms with Crippen LogP contribution in [0.15, 0.2) is 0 Å². The molecule has 0 aromatic heterocycles. The largest absolute Gasteiger partial charge is 0.465 e. The number of aliphatic hydroxyl groups is 2. The highest BCUT2D eigenvalue weighted by Crippen LogP contribution is 2.52. The summed E-state index contributed by atoms with van der Waals surface area (Å²) in [7, 11) is 0. The van der Waals surface area contributed by atoms with E-state index in [0.717, 1.165) is 0 Å². The number of hydrogen-bond acceptors (Lipinski definition) is 4. The number of rotatable bonds is 4. The molecule has 1 rings (SSSR count). The smallest absolute Gasteiger partial charge is 0.314 e. The predicted octanol–water partition coefficient (Wildman–Crippen LogP) is -0.460. The van der Waals surface area contributed by atoms with Gasteiger partial charge in [-0.2, -0.15) is 0 Å². The van der Waals surface area contributed by atoms with Crippen LogP contribution >= 0.6 is 0 Å². The van der Waals surface area contributed by atoms with Crippen molar-refractivity contribution in [2.75, 3.05) is 19.8 Å². The Hall–Kier alpha value is -0.610. The van der Waals surface area contributed by atoms with Crippen molar-refractivity contribution in [3.8, 4) is 0 Å². The third-order valence-electron chi connectivity index (χ3n) is 2.42. The number of carbonyl (C=O) groups is 1. The molecular formula is C8H14O4. The Balaban J connectivity index is 2.53. The van der Waals surface area contributed by atoms with E-state index >= 15 is 0 Å². The second kappa shape index (κ2) is 3.41. The van der Waals surface area contributed by atoms with Gasteiger partial charge in [0.15, 0.2) is 0 Å². The van der Waals surface area contributed by atoms with Gasteiger partial charge < -0.3 is 14.9 Å². The van der Waals surface area contributed by atoms with Gasteiger partial charge in [-0.05, 0) is 13.3 Å². The van der Waals surface area contributed by atoms with Gasteiger partial charge in [0.05, 0.1) is 18.6 Å². The van der Waals surface area contributed by atoms with Crippen LogP contribution in [-0.4, -0.2) is 36.0 Å². The fraction of sp³-hybridized carbons (Fsp3) is 0.875. The molecule has 70 valence electrons. The molecule has 12 heavy (non-hydrogen) atoms. The van der Waals surface area contributed by atoms with Crippen LogP contribution in [0, 0.1) is 11.3 Å². The van der Waals surface area contributed by atoms with Gasteiger partial charge in [-0.1, -0.05) is 0 Å². The van der Waals surface area contributed by atoms with Crippen LogP contribution in [0.3, 0.4) is 0 Å². The molecule has 1 saturated carbocycles. The van der Waals surface area contributed by atoms with E-state index in [9.17, 15) is 4.79 Å². The summed E-state index contributed by atoms with van der Waals surface area (Å²) in [6, 6.07) is 0. The second-order valence-corrected chi connectivity index (χ2v) is 3.12. The normalized spacial score (nSPS) is 33.1. The Morgan fingerprint density at radius 3 is 2.67 bits per heavy atom. The molecule has 0 amide bonds. The molecule has 1 aliphatic rings. The van der Waals surface area contributed by atoms with Crippen LogP contribution in [-0.2, 0) is 9.53 Å². The lowest BCUT2D eigenvalue weighted by Crippen LogP contribution is -2.25. The van der Waals surface area contributed by atoms with Gasteiger partial charge in [0.25, 0.3) is 0 Å². The minimum absolute atomic E-state index is 0.0562. The Morgan fingerprint density at radius 1 is 1.67 bits per heavy atom. The number of aliphatic hydroxyl groups excluding tert-OH is 2. The van der Waals surface area contributed by atoms with Gasteiger partial charge in [-0.15, -0.1) is 0 Å². The Morgan fingerprint density at radius 2 is 2.33 bits per heavy atom. The third-order valence-corrected chi connectivity index (χ3v) is 2.42. The number of ether oxygens (including phenoxy) is 1. The zero-order chi connectivity index (χ0) is 9.19. The SMILES string of the molecule is CCOC(=O)[C@]1(CO)CC1CO. The van der Waals surface area contributed by atoms with E-state index in [2.05, 4.69) is 0 Å². The Kier molecular flexibility index (Phi) is 2.69. The Bertz CT molecular complexity index is 180. The van der Waals surface area contributed by atoms with Crippen molar-refractivity contribution in [1.82, 2.24) is 0 Å². The lowest BCUT2D eigenvalue weighted by atomic mass is 10.1. The van der Waals surface area contributed by atoms with Crippen LogP contribution in [0.1, 0.15) is 13.3 Å². The van der Waals surface area contributed by atoms with Gasteiger partial charge in [-0.3, -0.25) is 4.79 Å². The summed E-state index contributed by atoms with van der Waals surface area (Å²) in [6.07, 6.45) is 0.541. The minimum atomic E-state index is -0.787. The summed E-state index contributed by atoms with van der Waals surface area (Å²) in [4.78, 5) is 11.2. The molecule has 0 radical (unpaired) electrons. The van der Waals surface area contributed by atoms with E-state index < -0.39 is 5.41 Å². The highest BCUT2D eigenvalue weighted by Gasteiger charge is 2.60. The minimum Gasteiger partial charge on any atom is -0.465 e. The van der Waals surface area contributed by atoms with Crippen LogP contribution in [0.2, 0.25) is 0 Å². The topological polar surface area (TPSA) is 66.8 Å². The molecule has 0 saturated heterocycles. The van der Waals surface area contributed by atoms with Gasteiger partial charge in [0, 0.05) is 12.5 Å². The Labute approximate surface area is 71.2 Å². The average Bonchev–Trinajstić information content (AvgIpc) is 2.80. The molecule has 0 aromatic rings. The molecule has 1 aliphatic carbocycles. The molecule has 0 bridgehead atoms. The number of carbonyl (C=O) groups excluding carboxylic acids is 1. The summed E-state index contributed by atoms with van der Waals surface area (Å²) >= 11 is 0. The third kappa shape index (κ3) is 1.32. The van der Waals surface area contributed by atoms with Gasteiger partial charge in [0.1, 0.15) is 0 Å². The molecule has 2 atom stereocenters. The monoisotopic (exact) mass is 174 g/mol. The summed E-state index contributed by atoms with van der Waals surface area (Å²) in [5, 5.41) is 17.7. The number of esters is 1. The van der Waals surface area contributed by atoms with Crippen molar-refractivity contribution < 1.29 is 19.7 Å². The molecule has 0 spiro atoms. The number of hydrogen-bond donors (Lipinski definition) is 2. The summed E-state index contributed by atoms with van der Waals surface area (Å²) in [5.41, 5.74) is -0.787. The molecule has 1 fully saturated rings. The van der Waals surface area contributed by atoms with Gasteiger partial charge in [0.2, 0.25) is 0 Å². The van der Waals surface area contributed by atoms with E-state index in [4.69, 9.17) is 14.9 Å². The lowest BCUT2D eigenvalue weighted by molar-refractivity contribution is -0.152. The molecule has 1 unspecified atom stereocenters. The van der Waals surface area contributed by atoms with E-state index in [1.54, 1.807) is 6.92 Å². The van der Waals surface area contributed by atoms with Crippen LogP contribution in [0.25, 0.3) is 0 Å². The van der Waals surface area contributed by atoms with E-state index in [1.807, 2.05) is 0 Å². The first-order valence-corrected chi connectivity index (χ1v) is 4.10. The van der Waals surface area contributed by atoms with Crippen molar-refractivity contribution in [2.24, 2.45) is 11.3 Å². The van der Waals surface area contributed by atoms with E-state index in [-0.39, 0.29) is 25.1 Å². The van der Waals surface area contributed by atoms with Gasteiger partial charge >= 0.3 is 5.97 Å². The average molecular weight is 174 g/mol. The quantitative estimate of drug-likeness (QED) is 0.566. The molecule has 4 nitrogen and oxygen atoms in total. The van der Waals surface area contributed by atoms with E-state index in [1.165, 1.54) is 0 Å². The standard InChI is InChI=1S/C8H14O4/c1-2-12-7(11)8(5-10)3-6(8)4-9/h6,9-10H,2-5H2,1H3/t6?,8-/m0/s1. The molecule has 2 N–H and O–H groups in total. The first-order valence-electron chi connectivity index (χ1n) is 4.10. The first-order chi connectivity index (χ1) is 5.71. The van der Waals surface area contributed by atoms with Crippen molar-refractivity contribution >= 4 is 5.97 Å². The molecule has 4 heteroatoms. The molecule has 0 aromatic carbocycles. The summed E-state index contributed by atoms with van der Waals surface area (Å²) in [6.45, 7) is 1.76. The predicted molar refractivity (Wildman–Crippen MR) is 41.3 cm³/mol. The molecule has 0 heterocycles. The van der Waals surface area contributed by atoms with E-state index in [0.29, 0.717) is 13.0 Å². The fourth-order valence-corrected chi connectivity index (χ4v) is 1.40. The molecule has 0 aliphatic heterocycles. The van der Waals surface area contributed by atoms with Crippen LogP contribution in [0.5, 0.6) is 0 Å². The van der Waals surface area contributed by atoms with Crippen molar-refractivity contribution in [3.63, 3.8) is 0 Å². The summed E-state index contributed by atoms with van der Waals surface area (Å²) in [5.74, 6) is -0.492.